The minimum atomic E-state index is -4.60. The minimum absolute atomic E-state index is 0.0195. The fourth-order valence-electron chi connectivity index (χ4n) is 3.32. The van der Waals surface area contributed by atoms with E-state index in [1.807, 2.05) is 0 Å². The van der Waals surface area contributed by atoms with Gasteiger partial charge in [-0.1, -0.05) is 0 Å². The van der Waals surface area contributed by atoms with Crippen molar-refractivity contribution in [3.63, 3.8) is 0 Å². The minimum Gasteiger partial charge on any atom is -0.450 e. The summed E-state index contributed by atoms with van der Waals surface area (Å²) in [5.41, 5.74) is -0.570. The smallest absolute Gasteiger partial charge is 0.436 e. The zero-order chi connectivity index (χ0) is 20.6. The van der Waals surface area contributed by atoms with Crippen molar-refractivity contribution >= 4 is 27.9 Å². The van der Waals surface area contributed by atoms with Gasteiger partial charge in [0.15, 0.2) is 5.69 Å². The van der Waals surface area contributed by atoms with E-state index in [-0.39, 0.29) is 22.9 Å². The molecule has 2 heterocycles. The van der Waals surface area contributed by atoms with E-state index in [0.29, 0.717) is 31.9 Å². The van der Waals surface area contributed by atoms with Crippen LogP contribution in [0.3, 0.4) is 0 Å². The Hall–Kier alpha value is -1.78. The van der Waals surface area contributed by atoms with Crippen LogP contribution < -0.4 is 0 Å². The third-order valence-corrected chi connectivity index (χ3v) is 5.74. The molecule has 1 saturated heterocycles. The van der Waals surface area contributed by atoms with Gasteiger partial charge in [0.25, 0.3) is 0 Å². The van der Waals surface area contributed by atoms with Crippen LogP contribution >= 0.6 is 15.9 Å². The number of alkyl halides is 3. The van der Waals surface area contributed by atoms with Crippen LogP contribution in [0.25, 0.3) is 0 Å². The number of hydrogen-bond acceptors (Lipinski definition) is 4. The second-order valence-corrected chi connectivity index (χ2v) is 7.74. The molecule has 1 aromatic heterocycles. The van der Waals surface area contributed by atoms with Gasteiger partial charge >= 0.3 is 12.3 Å². The molecule has 2 fully saturated rings. The molecule has 1 aliphatic carbocycles. The average molecular weight is 467 g/mol. The average Bonchev–Trinajstić information content (AvgIpc) is 3.42. The molecule has 1 aliphatic heterocycles. The summed E-state index contributed by atoms with van der Waals surface area (Å²) < 4.78 is 45.9. The van der Waals surface area contributed by atoms with E-state index in [1.165, 1.54) is 9.58 Å². The summed E-state index contributed by atoms with van der Waals surface area (Å²) in [5.74, 6) is -0.331. The van der Waals surface area contributed by atoms with Crippen molar-refractivity contribution in [1.82, 2.24) is 19.6 Å². The monoisotopic (exact) mass is 466 g/mol. The first-order chi connectivity index (χ1) is 13.1. The van der Waals surface area contributed by atoms with Gasteiger partial charge in [0.2, 0.25) is 5.91 Å². The Morgan fingerprint density at radius 3 is 2.29 bits per heavy atom. The molecular weight excluding hydrogens is 445 g/mol. The summed E-state index contributed by atoms with van der Waals surface area (Å²) in [6, 6.07) is -0.864. The van der Waals surface area contributed by atoms with Gasteiger partial charge in [0, 0.05) is 32.1 Å². The summed E-state index contributed by atoms with van der Waals surface area (Å²) in [5, 5.41) is 3.74. The molecular formula is C17H22BrF3N4O3. The summed E-state index contributed by atoms with van der Waals surface area (Å²) >= 11 is 3.04. The van der Waals surface area contributed by atoms with Crippen LogP contribution in [0.5, 0.6) is 0 Å². The van der Waals surface area contributed by atoms with Gasteiger partial charge in [-0.15, -0.1) is 0 Å². The molecule has 2 aliphatic rings. The first kappa shape index (κ1) is 20.9. The SMILES string of the molecule is CCOC(=O)N1CCN(C(=O)C(C)n2nc(C(F)(F)F)c(Br)c2C2CC2)CC1. The van der Waals surface area contributed by atoms with Crippen LogP contribution in [0, 0.1) is 0 Å². The molecule has 0 bridgehead atoms. The second-order valence-electron chi connectivity index (χ2n) is 6.95. The Labute approximate surface area is 168 Å². The number of amides is 2. The molecule has 2 amide bonds. The molecule has 0 N–H and O–H groups in total. The van der Waals surface area contributed by atoms with Gasteiger partial charge in [-0.25, -0.2) is 4.79 Å². The Morgan fingerprint density at radius 2 is 1.79 bits per heavy atom. The fraction of sp³-hybridized carbons (Fsp3) is 0.706. The molecule has 1 unspecified atom stereocenters. The predicted molar refractivity (Wildman–Crippen MR) is 96.8 cm³/mol. The molecule has 0 aromatic carbocycles. The molecule has 156 valence electrons. The maximum Gasteiger partial charge on any atom is 0.436 e. The summed E-state index contributed by atoms with van der Waals surface area (Å²) in [6.07, 6.45) is -3.46. The maximum absolute atomic E-state index is 13.3. The molecule has 0 radical (unpaired) electrons. The quantitative estimate of drug-likeness (QED) is 0.681. The number of carbonyl (C=O) groups excluding carboxylic acids is 2. The van der Waals surface area contributed by atoms with Crippen LogP contribution in [0.2, 0.25) is 0 Å². The molecule has 7 nitrogen and oxygen atoms in total. The first-order valence-corrected chi connectivity index (χ1v) is 10.00. The molecule has 28 heavy (non-hydrogen) atoms. The molecule has 1 atom stereocenters. The third kappa shape index (κ3) is 4.13. The normalized spacial score (nSPS) is 18.9. The first-order valence-electron chi connectivity index (χ1n) is 9.20. The van der Waals surface area contributed by atoms with E-state index in [0.717, 1.165) is 12.8 Å². The van der Waals surface area contributed by atoms with Gasteiger partial charge < -0.3 is 14.5 Å². The number of nitrogens with zero attached hydrogens (tertiary/aromatic N) is 4. The van der Waals surface area contributed by atoms with E-state index in [1.54, 1.807) is 18.7 Å². The van der Waals surface area contributed by atoms with E-state index >= 15 is 0 Å². The fourth-order valence-corrected chi connectivity index (χ4v) is 4.13. The van der Waals surface area contributed by atoms with Crippen LogP contribution in [-0.2, 0) is 15.7 Å². The summed E-state index contributed by atoms with van der Waals surface area (Å²) in [7, 11) is 0. The van der Waals surface area contributed by atoms with Crippen molar-refractivity contribution in [2.45, 2.75) is 44.8 Å². The van der Waals surface area contributed by atoms with Crippen LogP contribution in [0.4, 0.5) is 18.0 Å². The van der Waals surface area contributed by atoms with Crippen molar-refractivity contribution in [2.24, 2.45) is 0 Å². The van der Waals surface area contributed by atoms with Crippen LogP contribution in [0.15, 0.2) is 4.47 Å². The maximum atomic E-state index is 13.3. The van der Waals surface area contributed by atoms with Crippen LogP contribution in [-0.4, -0.2) is 64.4 Å². The molecule has 3 rings (SSSR count). The molecule has 1 aromatic rings. The highest BCUT2D eigenvalue weighted by Gasteiger charge is 2.43. The third-order valence-electron chi connectivity index (χ3n) is 4.96. The number of aromatic nitrogens is 2. The summed E-state index contributed by atoms with van der Waals surface area (Å²) in [4.78, 5) is 27.7. The van der Waals surface area contributed by atoms with Crippen molar-refractivity contribution < 1.29 is 27.5 Å². The summed E-state index contributed by atoms with van der Waals surface area (Å²) in [6.45, 7) is 4.80. The van der Waals surface area contributed by atoms with E-state index in [9.17, 15) is 22.8 Å². The van der Waals surface area contributed by atoms with Crippen LogP contribution in [0.1, 0.15) is 50.0 Å². The van der Waals surface area contributed by atoms with Gasteiger partial charge in [-0.05, 0) is 42.6 Å². The van der Waals surface area contributed by atoms with Gasteiger partial charge in [0.05, 0.1) is 16.8 Å². The highest BCUT2D eigenvalue weighted by atomic mass is 79.9. The number of halogens is 4. The highest BCUT2D eigenvalue weighted by molar-refractivity contribution is 9.10. The number of piperazine rings is 1. The zero-order valence-corrected chi connectivity index (χ0v) is 17.2. The van der Waals surface area contributed by atoms with Gasteiger partial charge in [0.1, 0.15) is 6.04 Å². The largest absolute Gasteiger partial charge is 0.450 e. The number of hydrogen-bond donors (Lipinski definition) is 0. The lowest BCUT2D eigenvalue weighted by Crippen LogP contribution is -2.52. The Kier molecular flexibility index (Phi) is 5.92. The predicted octanol–water partition coefficient (Wildman–Crippen LogP) is 3.40. The second kappa shape index (κ2) is 7.92. The van der Waals surface area contributed by atoms with E-state index in [2.05, 4.69) is 21.0 Å². The van der Waals surface area contributed by atoms with E-state index in [4.69, 9.17) is 4.74 Å². The lowest BCUT2D eigenvalue weighted by molar-refractivity contribution is -0.143. The zero-order valence-electron chi connectivity index (χ0n) is 15.6. The molecule has 1 saturated carbocycles. The van der Waals surface area contributed by atoms with Crippen molar-refractivity contribution in [3.05, 3.63) is 15.9 Å². The van der Waals surface area contributed by atoms with Gasteiger partial charge in [-0.2, -0.15) is 18.3 Å². The molecule has 11 heteroatoms. The lowest BCUT2D eigenvalue weighted by Gasteiger charge is -2.35. The number of carbonyl (C=O) groups is 2. The van der Waals surface area contributed by atoms with Gasteiger partial charge in [-0.3, -0.25) is 9.48 Å². The number of ether oxygens (including phenoxy) is 1. The number of rotatable bonds is 4. The van der Waals surface area contributed by atoms with E-state index < -0.39 is 24.0 Å². The topological polar surface area (TPSA) is 67.7 Å². The van der Waals surface area contributed by atoms with Crippen molar-refractivity contribution in [1.29, 1.82) is 0 Å². The highest BCUT2D eigenvalue weighted by Crippen LogP contribution is 2.47. The standard InChI is InChI=1S/C17H22BrF3N4O3/c1-3-28-16(27)24-8-6-23(7-9-24)15(26)10(2)25-13(11-4-5-11)12(18)14(22-25)17(19,20)21/h10-11H,3-9H2,1-2H3. The Morgan fingerprint density at radius 1 is 1.21 bits per heavy atom. The molecule has 0 spiro atoms. The van der Waals surface area contributed by atoms with Crippen molar-refractivity contribution in [2.75, 3.05) is 32.8 Å². The van der Waals surface area contributed by atoms with Crippen molar-refractivity contribution in [3.8, 4) is 0 Å². The Balaban J connectivity index is 1.75. The lowest BCUT2D eigenvalue weighted by atomic mass is 10.2. The Bertz CT molecular complexity index is 756.